The lowest BCUT2D eigenvalue weighted by molar-refractivity contribution is -0.127. The van der Waals surface area contributed by atoms with Crippen LogP contribution in [0.2, 0.25) is 0 Å². The van der Waals surface area contributed by atoms with Crippen LogP contribution in [0.15, 0.2) is 23.6 Å². The summed E-state index contributed by atoms with van der Waals surface area (Å²) in [6.07, 6.45) is -1.10. The van der Waals surface area contributed by atoms with Gasteiger partial charge < -0.3 is 14.6 Å². The number of ether oxygens (including phenoxy) is 1. The highest BCUT2D eigenvalue weighted by Gasteiger charge is 2.25. The largest absolute Gasteiger partial charge is 0.449 e. The van der Waals surface area contributed by atoms with E-state index >= 15 is 0 Å². The zero-order chi connectivity index (χ0) is 21.1. The molecule has 2 aromatic rings. The van der Waals surface area contributed by atoms with E-state index in [1.807, 2.05) is 35.9 Å². The molecule has 2 heterocycles. The smallest absolute Gasteiger partial charge is 0.340 e. The molecule has 0 aliphatic rings. The Balaban J connectivity index is 2.02. The van der Waals surface area contributed by atoms with Gasteiger partial charge in [-0.1, -0.05) is 6.07 Å². The van der Waals surface area contributed by atoms with E-state index in [0.29, 0.717) is 12.1 Å². The van der Waals surface area contributed by atoms with Crippen molar-refractivity contribution in [3.63, 3.8) is 0 Å². The minimum atomic E-state index is -1.10. The number of aryl methyl sites for hydroxylation is 1. The van der Waals surface area contributed by atoms with E-state index in [1.54, 1.807) is 38.2 Å². The first-order valence-corrected chi connectivity index (χ1v) is 9.89. The van der Waals surface area contributed by atoms with Gasteiger partial charge in [0.1, 0.15) is 0 Å². The van der Waals surface area contributed by atoms with Crippen molar-refractivity contribution in [2.75, 3.05) is 0 Å². The number of imide groups is 1. The maximum absolute atomic E-state index is 12.5. The minimum Gasteiger partial charge on any atom is -0.449 e. The standard InChI is InChI=1S/C20H27N3O4S/c1-12-10-16(13(2)23(12)11-15-8-7-9-28-15)18(25)27-14(3)17(24)21-19(26)22-20(4,5)6/h7-10,14H,11H2,1-6H3,(H2,21,22,24,26)/t14-/m1/s1. The summed E-state index contributed by atoms with van der Waals surface area (Å²) in [5.74, 6) is -1.27. The van der Waals surface area contributed by atoms with Gasteiger partial charge in [0.25, 0.3) is 5.91 Å². The van der Waals surface area contributed by atoms with Gasteiger partial charge in [0.2, 0.25) is 0 Å². The zero-order valence-corrected chi connectivity index (χ0v) is 17.9. The first-order valence-electron chi connectivity index (χ1n) is 9.01. The Morgan fingerprint density at radius 3 is 2.50 bits per heavy atom. The average molecular weight is 406 g/mol. The van der Waals surface area contributed by atoms with Gasteiger partial charge in [-0.05, 0) is 59.1 Å². The van der Waals surface area contributed by atoms with Gasteiger partial charge in [0, 0.05) is 21.8 Å². The van der Waals surface area contributed by atoms with E-state index < -0.39 is 29.6 Å². The molecule has 152 valence electrons. The Labute approximate surface area is 169 Å². The Morgan fingerprint density at radius 2 is 1.93 bits per heavy atom. The highest BCUT2D eigenvalue weighted by atomic mass is 32.1. The van der Waals surface area contributed by atoms with Gasteiger partial charge in [-0.15, -0.1) is 11.3 Å². The van der Waals surface area contributed by atoms with Crippen molar-refractivity contribution in [1.82, 2.24) is 15.2 Å². The normalized spacial score (nSPS) is 12.4. The molecule has 0 aliphatic carbocycles. The van der Waals surface area contributed by atoms with E-state index in [2.05, 4.69) is 10.6 Å². The molecule has 2 N–H and O–H groups in total. The van der Waals surface area contributed by atoms with Crippen LogP contribution in [-0.4, -0.2) is 34.1 Å². The number of carbonyl (C=O) groups is 3. The molecular formula is C20H27N3O4S. The number of hydrogen-bond donors (Lipinski definition) is 2. The quantitative estimate of drug-likeness (QED) is 0.746. The molecule has 8 heteroatoms. The van der Waals surface area contributed by atoms with Gasteiger partial charge in [-0.3, -0.25) is 10.1 Å². The molecule has 3 amide bonds. The average Bonchev–Trinajstić information content (AvgIpc) is 3.16. The lowest BCUT2D eigenvalue weighted by Gasteiger charge is -2.21. The molecule has 1 atom stereocenters. The Morgan fingerprint density at radius 1 is 1.25 bits per heavy atom. The number of hydrogen-bond acceptors (Lipinski definition) is 5. The van der Waals surface area contributed by atoms with E-state index in [-0.39, 0.29) is 0 Å². The van der Waals surface area contributed by atoms with Crippen LogP contribution < -0.4 is 10.6 Å². The Kier molecular flexibility index (Phi) is 6.66. The topological polar surface area (TPSA) is 89.4 Å². The van der Waals surface area contributed by atoms with Crippen LogP contribution in [0.4, 0.5) is 4.79 Å². The van der Waals surface area contributed by atoms with E-state index in [1.165, 1.54) is 11.8 Å². The molecule has 7 nitrogen and oxygen atoms in total. The number of nitrogens with one attached hydrogen (secondary N) is 2. The monoisotopic (exact) mass is 405 g/mol. The van der Waals surface area contributed by atoms with Crippen molar-refractivity contribution >= 4 is 29.2 Å². The molecular weight excluding hydrogens is 378 g/mol. The second kappa shape index (κ2) is 8.60. The second-order valence-electron chi connectivity index (χ2n) is 7.69. The van der Waals surface area contributed by atoms with Crippen LogP contribution in [0.1, 0.15) is 54.3 Å². The molecule has 0 radical (unpaired) electrons. The number of esters is 1. The summed E-state index contributed by atoms with van der Waals surface area (Å²) in [6, 6.07) is 5.15. The van der Waals surface area contributed by atoms with Crippen LogP contribution in [0.25, 0.3) is 0 Å². The maximum Gasteiger partial charge on any atom is 0.340 e. The summed E-state index contributed by atoms with van der Waals surface area (Å²) in [6.45, 7) is 11.3. The third-order valence-electron chi connectivity index (χ3n) is 4.07. The highest BCUT2D eigenvalue weighted by Crippen LogP contribution is 2.20. The maximum atomic E-state index is 12.5. The molecule has 0 saturated carbocycles. The first kappa shape index (κ1) is 21.7. The summed E-state index contributed by atoms with van der Waals surface area (Å²) in [5.41, 5.74) is 1.63. The fourth-order valence-corrected chi connectivity index (χ4v) is 3.37. The molecule has 0 spiro atoms. The van der Waals surface area contributed by atoms with Crippen LogP contribution in [0.5, 0.6) is 0 Å². The molecule has 0 bridgehead atoms. The molecule has 0 unspecified atom stereocenters. The van der Waals surface area contributed by atoms with Crippen molar-refractivity contribution in [2.24, 2.45) is 0 Å². The van der Waals surface area contributed by atoms with Crippen LogP contribution in [0, 0.1) is 13.8 Å². The van der Waals surface area contributed by atoms with E-state index in [0.717, 1.165) is 11.4 Å². The van der Waals surface area contributed by atoms with Gasteiger partial charge in [0.05, 0.1) is 12.1 Å². The van der Waals surface area contributed by atoms with E-state index in [4.69, 9.17) is 4.74 Å². The van der Waals surface area contributed by atoms with E-state index in [9.17, 15) is 14.4 Å². The lowest BCUT2D eigenvalue weighted by atomic mass is 10.1. The SMILES string of the molecule is Cc1cc(C(=O)O[C@H](C)C(=O)NC(=O)NC(C)(C)C)c(C)n1Cc1cccs1. The number of aromatic nitrogens is 1. The predicted octanol–water partition coefficient (Wildman–Crippen LogP) is 3.38. The van der Waals surface area contributed by atoms with Crippen molar-refractivity contribution in [1.29, 1.82) is 0 Å². The number of nitrogens with zero attached hydrogens (tertiary/aromatic N) is 1. The Hall–Kier alpha value is -2.61. The third kappa shape index (κ3) is 5.69. The fraction of sp³-hybridized carbons (Fsp3) is 0.450. The first-order chi connectivity index (χ1) is 13.0. The number of urea groups is 1. The molecule has 2 rings (SSSR count). The van der Waals surface area contributed by atoms with Crippen LogP contribution >= 0.6 is 11.3 Å². The second-order valence-corrected chi connectivity index (χ2v) is 8.72. The fourth-order valence-electron chi connectivity index (χ4n) is 2.67. The van der Waals surface area contributed by atoms with Crippen molar-refractivity contribution in [3.05, 3.63) is 45.4 Å². The molecule has 2 aromatic heterocycles. The van der Waals surface area contributed by atoms with Crippen LogP contribution in [-0.2, 0) is 16.1 Å². The van der Waals surface area contributed by atoms with Gasteiger partial charge >= 0.3 is 12.0 Å². The number of carbonyl (C=O) groups excluding carboxylic acids is 3. The lowest BCUT2D eigenvalue weighted by Crippen LogP contribution is -2.50. The molecule has 0 saturated heterocycles. The molecule has 0 fully saturated rings. The number of amides is 3. The summed E-state index contributed by atoms with van der Waals surface area (Å²) in [7, 11) is 0. The molecule has 28 heavy (non-hydrogen) atoms. The number of rotatable bonds is 5. The molecule has 0 aliphatic heterocycles. The van der Waals surface area contributed by atoms with Gasteiger partial charge in [0.15, 0.2) is 6.10 Å². The highest BCUT2D eigenvalue weighted by molar-refractivity contribution is 7.09. The van der Waals surface area contributed by atoms with Gasteiger partial charge in [-0.25, -0.2) is 9.59 Å². The summed E-state index contributed by atoms with van der Waals surface area (Å²) in [4.78, 5) is 37.6. The number of thiophene rings is 1. The van der Waals surface area contributed by atoms with Crippen molar-refractivity contribution < 1.29 is 19.1 Å². The van der Waals surface area contributed by atoms with Crippen molar-refractivity contribution in [3.8, 4) is 0 Å². The van der Waals surface area contributed by atoms with Crippen LogP contribution in [0.3, 0.4) is 0 Å². The summed E-state index contributed by atoms with van der Waals surface area (Å²) >= 11 is 1.65. The minimum absolute atomic E-state index is 0.410. The summed E-state index contributed by atoms with van der Waals surface area (Å²) < 4.78 is 7.30. The van der Waals surface area contributed by atoms with Crippen molar-refractivity contribution in [2.45, 2.75) is 59.7 Å². The third-order valence-corrected chi connectivity index (χ3v) is 4.93. The van der Waals surface area contributed by atoms with Gasteiger partial charge in [-0.2, -0.15) is 0 Å². The molecule has 0 aromatic carbocycles. The Bertz CT molecular complexity index is 863. The zero-order valence-electron chi connectivity index (χ0n) is 17.1. The predicted molar refractivity (Wildman–Crippen MR) is 109 cm³/mol. The summed E-state index contributed by atoms with van der Waals surface area (Å²) in [5, 5.41) is 6.81.